The molecule has 0 unspecified atom stereocenters. The molecule has 4 aliphatic heterocycles. The summed E-state index contributed by atoms with van der Waals surface area (Å²) in [5.74, 6) is -0.750. The molecule has 2 bridgehead atoms. The predicted octanol–water partition coefficient (Wildman–Crippen LogP) is 3.88. The maximum atomic E-state index is 12.7. The van der Waals surface area contributed by atoms with E-state index in [4.69, 9.17) is 24.0 Å². The first-order chi connectivity index (χ1) is 16.8. The second kappa shape index (κ2) is 9.81. The minimum atomic E-state index is -0.871. The van der Waals surface area contributed by atoms with Gasteiger partial charge in [0.05, 0.1) is 6.42 Å². The number of carbonyl (C=O) groups excluding carboxylic acids is 2. The molecule has 1 N–H and O–H groups in total. The molecule has 5 aliphatic rings. The summed E-state index contributed by atoms with van der Waals surface area (Å²) in [6.07, 6.45) is 3.12. The van der Waals surface area contributed by atoms with Gasteiger partial charge in [0.2, 0.25) is 18.0 Å². The molecule has 0 aromatic heterocycles. The minimum absolute atomic E-state index is 0.00205. The highest BCUT2D eigenvalue weighted by atomic mass is 17.3. The topological polar surface area (TPSA) is 92.3 Å². The van der Waals surface area contributed by atoms with Crippen LogP contribution in [0.5, 0.6) is 0 Å². The number of esters is 1. The molecule has 4 heterocycles. The van der Waals surface area contributed by atoms with Gasteiger partial charge >= 0.3 is 5.97 Å². The van der Waals surface area contributed by atoms with Gasteiger partial charge in [0.15, 0.2) is 11.9 Å². The number of benzene rings is 1. The number of rotatable bonds is 7. The van der Waals surface area contributed by atoms with Gasteiger partial charge in [-0.15, -0.1) is 0 Å². The zero-order valence-electron chi connectivity index (χ0n) is 20.9. The van der Waals surface area contributed by atoms with Crippen molar-refractivity contribution in [1.82, 2.24) is 5.32 Å². The van der Waals surface area contributed by atoms with E-state index in [1.807, 2.05) is 44.2 Å². The molecule has 4 saturated heterocycles. The largest absolute Gasteiger partial charge is 0.435 e. The van der Waals surface area contributed by atoms with Crippen LogP contribution in [0, 0.1) is 23.7 Å². The van der Waals surface area contributed by atoms with Crippen LogP contribution in [0.25, 0.3) is 0 Å². The Morgan fingerprint density at radius 2 is 1.86 bits per heavy atom. The first-order valence-electron chi connectivity index (χ1n) is 13.0. The summed E-state index contributed by atoms with van der Waals surface area (Å²) in [4.78, 5) is 36.8. The fourth-order valence-corrected chi connectivity index (χ4v) is 6.49. The van der Waals surface area contributed by atoms with Crippen molar-refractivity contribution >= 4 is 11.9 Å². The Morgan fingerprint density at radius 1 is 1.06 bits per heavy atom. The Kier molecular flexibility index (Phi) is 6.92. The molecule has 8 atom stereocenters. The fraction of sp³-hybridized carbons (Fsp3) is 0.704. The van der Waals surface area contributed by atoms with Crippen molar-refractivity contribution in [1.29, 1.82) is 0 Å². The van der Waals surface area contributed by atoms with Gasteiger partial charge in [0.1, 0.15) is 0 Å². The van der Waals surface area contributed by atoms with E-state index < -0.39 is 29.9 Å². The van der Waals surface area contributed by atoms with Crippen LogP contribution in [0.2, 0.25) is 0 Å². The number of fused-ring (bicyclic) bond motifs is 2. The highest BCUT2D eigenvalue weighted by Gasteiger charge is 2.69. The monoisotopic (exact) mass is 487 g/mol. The average molecular weight is 488 g/mol. The van der Waals surface area contributed by atoms with Crippen molar-refractivity contribution in [2.45, 2.75) is 89.7 Å². The minimum Gasteiger partial charge on any atom is -0.435 e. The van der Waals surface area contributed by atoms with Crippen LogP contribution in [0.15, 0.2) is 30.3 Å². The fourth-order valence-electron chi connectivity index (χ4n) is 6.49. The quantitative estimate of drug-likeness (QED) is 0.461. The normalized spacial score (nSPS) is 39.9. The van der Waals surface area contributed by atoms with Crippen LogP contribution in [0.4, 0.5) is 0 Å². The third-order valence-electron chi connectivity index (χ3n) is 8.48. The van der Waals surface area contributed by atoms with Gasteiger partial charge in [-0.05, 0) is 50.0 Å². The van der Waals surface area contributed by atoms with Crippen LogP contribution in [-0.2, 0) is 40.0 Å². The molecule has 1 aromatic carbocycles. The van der Waals surface area contributed by atoms with Gasteiger partial charge in [-0.2, -0.15) is 0 Å². The summed E-state index contributed by atoms with van der Waals surface area (Å²) in [6, 6.07) is 9.96. The van der Waals surface area contributed by atoms with Gasteiger partial charge in [0, 0.05) is 31.2 Å². The van der Waals surface area contributed by atoms with Gasteiger partial charge in [-0.1, -0.05) is 44.2 Å². The maximum Gasteiger partial charge on any atom is 0.308 e. The van der Waals surface area contributed by atoms with Gasteiger partial charge in [0.25, 0.3) is 0 Å². The van der Waals surface area contributed by atoms with Crippen LogP contribution >= 0.6 is 0 Å². The molecule has 1 amide bonds. The summed E-state index contributed by atoms with van der Waals surface area (Å²) in [5.41, 5.74) is 0.472. The number of carbonyl (C=O) groups is 2. The summed E-state index contributed by atoms with van der Waals surface area (Å²) in [6.45, 7) is 6.71. The third kappa shape index (κ3) is 4.73. The van der Waals surface area contributed by atoms with E-state index in [0.717, 1.165) is 37.7 Å². The number of hydrogen-bond donors (Lipinski definition) is 1. The lowest BCUT2D eigenvalue weighted by molar-refractivity contribution is -0.576. The van der Waals surface area contributed by atoms with E-state index >= 15 is 0 Å². The summed E-state index contributed by atoms with van der Waals surface area (Å²) in [5, 5.41) is 2.87. The van der Waals surface area contributed by atoms with E-state index in [9.17, 15) is 9.59 Å². The van der Waals surface area contributed by atoms with Crippen molar-refractivity contribution in [2.24, 2.45) is 23.7 Å². The van der Waals surface area contributed by atoms with Crippen molar-refractivity contribution in [3.63, 3.8) is 0 Å². The predicted molar refractivity (Wildman–Crippen MR) is 125 cm³/mol. The van der Waals surface area contributed by atoms with E-state index in [2.05, 4.69) is 12.2 Å². The lowest BCUT2D eigenvalue weighted by Gasteiger charge is -2.59. The van der Waals surface area contributed by atoms with Crippen LogP contribution in [-0.4, -0.2) is 42.4 Å². The number of amides is 1. The SMILES string of the molecule is C[C@H]1[C@H](OC(=O)CCC(=O)NCCc2ccccc2)O[C@@H]2O[C@]3(C)CC[C@H]4[C@H](C)CC[C@@H]1[C@]24OO3. The second-order valence-corrected chi connectivity index (χ2v) is 10.8. The first-order valence-corrected chi connectivity index (χ1v) is 13.0. The lowest BCUT2D eigenvalue weighted by atomic mass is 9.58. The highest BCUT2D eigenvalue weighted by molar-refractivity contribution is 5.81. The molecule has 192 valence electrons. The molecule has 5 fully saturated rings. The van der Waals surface area contributed by atoms with Crippen molar-refractivity contribution in [2.75, 3.05) is 6.54 Å². The standard InChI is InChI=1S/C27H37NO7/c1-17-9-10-21-18(2)24(32-25-27(21)20(17)13-15-26(3,33-25)34-35-27)31-23(30)12-11-22(29)28-16-14-19-7-5-4-6-8-19/h4-8,17-18,20-21,24-25H,9-16H2,1-3H3,(H,28,29)/t17-,18-,20+,21+,24-,25-,26+,27+/m1/s1. The van der Waals surface area contributed by atoms with Crippen molar-refractivity contribution in [3.8, 4) is 0 Å². The lowest BCUT2D eigenvalue weighted by Crippen LogP contribution is -2.70. The Balaban J connectivity index is 1.16. The van der Waals surface area contributed by atoms with E-state index in [1.54, 1.807) is 0 Å². The van der Waals surface area contributed by atoms with Crippen LogP contribution in [0.1, 0.15) is 64.9 Å². The Bertz CT molecular complexity index is 925. The molecule has 8 nitrogen and oxygen atoms in total. The van der Waals surface area contributed by atoms with E-state index in [1.165, 1.54) is 0 Å². The summed E-state index contributed by atoms with van der Waals surface area (Å²) in [7, 11) is 0. The molecular weight excluding hydrogens is 450 g/mol. The van der Waals surface area contributed by atoms with Gasteiger partial charge < -0.3 is 19.5 Å². The smallest absolute Gasteiger partial charge is 0.308 e. The maximum absolute atomic E-state index is 12.7. The second-order valence-electron chi connectivity index (χ2n) is 10.8. The summed E-state index contributed by atoms with van der Waals surface area (Å²) >= 11 is 0. The van der Waals surface area contributed by atoms with Crippen LogP contribution in [0.3, 0.4) is 0 Å². The molecule has 1 saturated carbocycles. The Labute approximate surface area is 206 Å². The zero-order valence-corrected chi connectivity index (χ0v) is 20.9. The summed E-state index contributed by atoms with van der Waals surface area (Å²) < 4.78 is 18.3. The van der Waals surface area contributed by atoms with E-state index in [0.29, 0.717) is 12.5 Å². The molecular formula is C27H37NO7. The molecule has 1 spiro atoms. The number of nitrogens with one attached hydrogen (secondary N) is 1. The molecule has 0 radical (unpaired) electrons. The Morgan fingerprint density at radius 3 is 2.66 bits per heavy atom. The highest BCUT2D eigenvalue weighted by Crippen LogP contribution is 2.60. The van der Waals surface area contributed by atoms with Gasteiger partial charge in [-0.3, -0.25) is 9.59 Å². The number of ether oxygens (including phenoxy) is 3. The molecule has 6 rings (SSSR count). The molecule has 35 heavy (non-hydrogen) atoms. The average Bonchev–Trinajstić information content (AvgIpc) is 3.07. The van der Waals surface area contributed by atoms with Crippen molar-refractivity contribution < 1.29 is 33.6 Å². The first kappa shape index (κ1) is 24.7. The zero-order chi connectivity index (χ0) is 24.6. The molecule has 8 heteroatoms. The van der Waals surface area contributed by atoms with E-state index in [-0.39, 0.29) is 36.5 Å². The van der Waals surface area contributed by atoms with Gasteiger partial charge in [-0.25, -0.2) is 9.78 Å². The van der Waals surface area contributed by atoms with Crippen LogP contribution < -0.4 is 5.32 Å². The third-order valence-corrected chi connectivity index (χ3v) is 8.48. The molecule has 1 aromatic rings. The molecule has 1 aliphatic carbocycles. The Hall–Kier alpha value is -2.00. The number of hydrogen-bond acceptors (Lipinski definition) is 7. The van der Waals surface area contributed by atoms with Crippen molar-refractivity contribution in [3.05, 3.63) is 35.9 Å².